The lowest BCUT2D eigenvalue weighted by atomic mass is 9.97. The number of rotatable bonds is 7. The van der Waals surface area contributed by atoms with Crippen molar-refractivity contribution in [2.24, 2.45) is 5.92 Å². The van der Waals surface area contributed by atoms with Crippen LogP contribution in [0.3, 0.4) is 0 Å². The van der Waals surface area contributed by atoms with Gasteiger partial charge in [0.1, 0.15) is 16.9 Å². The molecule has 10 nitrogen and oxygen atoms in total. The van der Waals surface area contributed by atoms with E-state index in [0.29, 0.717) is 37.3 Å². The number of ether oxygens (including phenoxy) is 2. The van der Waals surface area contributed by atoms with E-state index in [2.05, 4.69) is 10.6 Å². The third kappa shape index (κ3) is 7.50. The van der Waals surface area contributed by atoms with Crippen molar-refractivity contribution in [3.05, 3.63) is 40.8 Å². The largest absolute Gasteiger partial charge is 0.484 e. The van der Waals surface area contributed by atoms with E-state index >= 15 is 0 Å². The van der Waals surface area contributed by atoms with Crippen LogP contribution in [-0.4, -0.2) is 61.2 Å². The van der Waals surface area contributed by atoms with Crippen LogP contribution in [0.5, 0.6) is 5.75 Å². The van der Waals surface area contributed by atoms with Crippen LogP contribution in [-0.2, 0) is 14.3 Å². The van der Waals surface area contributed by atoms with E-state index in [-0.39, 0.29) is 37.4 Å². The van der Waals surface area contributed by atoms with Gasteiger partial charge in [-0.1, -0.05) is 0 Å². The Kier molecular flexibility index (Phi) is 8.14. The minimum atomic E-state index is -0.584. The van der Waals surface area contributed by atoms with E-state index < -0.39 is 17.3 Å². The summed E-state index contributed by atoms with van der Waals surface area (Å²) in [6, 6.07) is 8.02. The molecule has 0 saturated carbocycles. The molecule has 2 heterocycles. The zero-order valence-electron chi connectivity index (χ0n) is 19.7. The summed E-state index contributed by atoms with van der Waals surface area (Å²) in [6.45, 7) is 6.51. The number of hydrogen-bond donors (Lipinski definition) is 2. The van der Waals surface area contributed by atoms with E-state index in [4.69, 9.17) is 13.9 Å². The third-order valence-corrected chi connectivity index (χ3v) is 5.19. The second-order valence-corrected chi connectivity index (χ2v) is 9.14. The Morgan fingerprint density at radius 1 is 1.12 bits per heavy atom. The van der Waals surface area contributed by atoms with Crippen molar-refractivity contribution >= 4 is 28.9 Å². The lowest BCUT2D eigenvalue weighted by molar-refractivity contribution is -0.137. The Labute approximate surface area is 197 Å². The summed E-state index contributed by atoms with van der Waals surface area (Å²) >= 11 is 0. The van der Waals surface area contributed by atoms with Crippen LogP contribution in [0.1, 0.15) is 33.6 Å². The summed E-state index contributed by atoms with van der Waals surface area (Å²) in [4.78, 5) is 49.8. The van der Waals surface area contributed by atoms with Crippen molar-refractivity contribution < 1.29 is 28.3 Å². The van der Waals surface area contributed by atoms with Crippen LogP contribution in [0.2, 0.25) is 0 Å². The first-order valence-electron chi connectivity index (χ1n) is 11.3. The Morgan fingerprint density at radius 3 is 2.62 bits per heavy atom. The molecule has 2 N–H and O–H groups in total. The Bertz CT molecular complexity index is 1090. The van der Waals surface area contributed by atoms with Gasteiger partial charge in [-0.2, -0.15) is 0 Å². The van der Waals surface area contributed by atoms with Gasteiger partial charge in [0.05, 0.1) is 5.92 Å². The van der Waals surface area contributed by atoms with E-state index in [0.717, 1.165) is 5.39 Å². The molecule has 3 amide bonds. The van der Waals surface area contributed by atoms with E-state index in [1.54, 1.807) is 49.9 Å². The number of amides is 3. The van der Waals surface area contributed by atoms with Crippen LogP contribution in [0.15, 0.2) is 39.5 Å². The quantitative estimate of drug-likeness (QED) is 0.465. The number of alkyl carbamates (subject to hydrolysis) is 1. The molecule has 1 saturated heterocycles. The topological polar surface area (TPSA) is 127 Å². The molecule has 3 rings (SSSR count). The molecule has 1 aromatic carbocycles. The molecule has 1 unspecified atom stereocenters. The maximum atomic E-state index is 12.6. The molecule has 1 aliphatic heterocycles. The van der Waals surface area contributed by atoms with E-state index in [1.165, 1.54) is 6.07 Å². The van der Waals surface area contributed by atoms with Crippen LogP contribution >= 0.6 is 0 Å². The number of hydrogen-bond acceptors (Lipinski definition) is 7. The lowest BCUT2D eigenvalue weighted by Crippen LogP contribution is -2.47. The minimum absolute atomic E-state index is 0.158. The molecule has 1 aromatic heterocycles. The Morgan fingerprint density at radius 2 is 1.85 bits per heavy atom. The molecule has 0 radical (unpaired) electrons. The number of carbonyl (C=O) groups is 3. The second kappa shape index (κ2) is 11.0. The van der Waals surface area contributed by atoms with Gasteiger partial charge in [0.25, 0.3) is 5.91 Å². The van der Waals surface area contributed by atoms with E-state index in [9.17, 15) is 19.2 Å². The normalized spacial score (nSPS) is 16.1. The molecule has 0 aliphatic carbocycles. The van der Waals surface area contributed by atoms with Crippen molar-refractivity contribution in [1.82, 2.24) is 15.5 Å². The summed E-state index contributed by atoms with van der Waals surface area (Å²) in [6.07, 6.45) is 0.852. The monoisotopic (exact) mass is 473 g/mol. The van der Waals surface area contributed by atoms with Gasteiger partial charge < -0.3 is 29.4 Å². The van der Waals surface area contributed by atoms with Gasteiger partial charge >= 0.3 is 11.7 Å². The van der Waals surface area contributed by atoms with Crippen molar-refractivity contribution in [2.75, 3.05) is 32.8 Å². The van der Waals surface area contributed by atoms with E-state index in [1.807, 2.05) is 0 Å². The summed E-state index contributed by atoms with van der Waals surface area (Å²) in [5, 5.41) is 6.14. The van der Waals surface area contributed by atoms with Crippen molar-refractivity contribution in [2.45, 2.75) is 39.2 Å². The number of nitrogens with zero attached hydrogens (tertiary/aromatic N) is 1. The van der Waals surface area contributed by atoms with Gasteiger partial charge in [0.2, 0.25) is 5.91 Å². The molecule has 10 heteroatoms. The molecule has 0 spiro atoms. The fourth-order valence-electron chi connectivity index (χ4n) is 3.59. The molecule has 0 bridgehead atoms. The fraction of sp³-hybridized carbons (Fsp3) is 0.500. The van der Waals surface area contributed by atoms with Crippen LogP contribution < -0.4 is 21.0 Å². The first-order valence-corrected chi connectivity index (χ1v) is 11.3. The molecular formula is C24H31N3O7. The second-order valence-electron chi connectivity index (χ2n) is 9.14. The van der Waals surface area contributed by atoms with Gasteiger partial charge in [-0.15, -0.1) is 0 Å². The molecular weight excluding hydrogens is 442 g/mol. The first-order chi connectivity index (χ1) is 16.1. The SMILES string of the molecule is CC(C)(C)OC(=O)NCCNC(=O)C1CCCN(C(=O)COc2ccc3ccc(=O)oc3c2)C1. The highest BCUT2D eigenvalue weighted by Crippen LogP contribution is 2.20. The summed E-state index contributed by atoms with van der Waals surface area (Å²) < 4.78 is 15.9. The third-order valence-electron chi connectivity index (χ3n) is 5.19. The minimum Gasteiger partial charge on any atom is -0.484 e. The molecule has 34 heavy (non-hydrogen) atoms. The summed E-state index contributed by atoms with van der Waals surface area (Å²) in [5.41, 5.74) is -0.661. The number of piperidine rings is 1. The predicted octanol–water partition coefficient (Wildman–Crippen LogP) is 2.05. The standard InChI is InChI=1S/C24H31N3O7/c1-24(2,3)34-23(31)26-11-10-25-22(30)17-5-4-12-27(14-17)20(28)15-32-18-8-6-16-7-9-21(29)33-19(16)13-18/h6-9,13,17H,4-5,10-12,14-15H2,1-3H3,(H,25,30)(H,26,31). The molecule has 2 aromatic rings. The highest BCUT2D eigenvalue weighted by atomic mass is 16.6. The zero-order chi connectivity index (χ0) is 24.7. The average molecular weight is 474 g/mol. The highest BCUT2D eigenvalue weighted by Gasteiger charge is 2.28. The average Bonchev–Trinajstić information content (AvgIpc) is 2.78. The van der Waals surface area contributed by atoms with Gasteiger partial charge in [-0.3, -0.25) is 9.59 Å². The van der Waals surface area contributed by atoms with Crippen LogP contribution in [0.25, 0.3) is 11.0 Å². The number of carbonyl (C=O) groups excluding carboxylic acids is 3. The number of benzene rings is 1. The van der Waals surface area contributed by atoms with Gasteiger partial charge in [-0.25, -0.2) is 9.59 Å². The van der Waals surface area contributed by atoms with Gasteiger partial charge in [0.15, 0.2) is 6.61 Å². The summed E-state index contributed by atoms with van der Waals surface area (Å²) in [7, 11) is 0. The Balaban J connectivity index is 1.42. The predicted molar refractivity (Wildman–Crippen MR) is 125 cm³/mol. The Hall–Kier alpha value is -3.56. The van der Waals surface area contributed by atoms with Gasteiger partial charge in [0, 0.05) is 43.7 Å². The molecule has 184 valence electrons. The number of likely N-dealkylation sites (tertiary alicyclic amines) is 1. The number of fused-ring (bicyclic) bond motifs is 1. The maximum Gasteiger partial charge on any atom is 0.407 e. The van der Waals surface area contributed by atoms with Gasteiger partial charge in [-0.05, 0) is 51.8 Å². The molecule has 1 atom stereocenters. The summed E-state index contributed by atoms with van der Waals surface area (Å²) in [5.74, 6) is -0.291. The fourth-order valence-corrected chi connectivity index (χ4v) is 3.59. The first kappa shape index (κ1) is 25.1. The number of nitrogens with one attached hydrogen (secondary N) is 2. The van der Waals surface area contributed by atoms with Crippen molar-refractivity contribution in [1.29, 1.82) is 0 Å². The van der Waals surface area contributed by atoms with Crippen LogP contribution in [0, 0.1) is 5.92 Å². The maximum absolute atomic E-state index is 12.6. The molecule has 1 fully saturated rings. The van der Waals surface area contributed by atoms with Crippen molar-refractivity contribution in [3.8, 4) is 5.75 Å². The highest BCUT2D eigenvalue weighted by molar-refractivity contribution is 5.82. The lowest BCUT2D eigenvalue weighted by Gasteiger charge is -2.32. The zero-order valence-corrected chi connectivity index (χ0v) is 19.7. The van der Waals surface area contributed by atoms with Crippen LogP contribution in [0.4, 0.5) is 4.79 Å². The van der Waals surface area contributed by atoms with Crippen molar-refractivity contribution in [3.63, 3.8) is 0 Å². The molecule has 1 aliphatic rings. The smallest absolute Gasteiger partial charge is 0.407 e.